The van der Waals surface area contributed by atoms with Gasteiger partial charge in [-0.05, 0) is 57.9 Å². The van der Waals surface area contributed by atoms with Crippen LogP contribution in [0.25, 0.3) is 0 Å². The van der Waals surface area contributed by atoms with E-state index in [9.17, 15) is 4.39 Å². The molecule has 0 saturated carbocycles. The number of rotatable bonds is 3. The van der Waals surface area contributed by atoms with Gasteiger partial charge in [0.05, 0.1) is 17.3 Å². The van der Waals surface area contributed by atoms with Crippen LogP contribution in [0, 0.1) is 17.0 Å². The lowest BCUT2D eigenvalue weighted by Gasteiger charge is -2.32. The Hall–Kier alpha value is -1.51. The van der Waals surface area contributed by atoms with E-state index in [1.165, 1.54) is 6.07 Å². The molecule has 0 unspecified atom stereocenters. The topological polar surface area (TPSA) is 51.5 Å². The van der Waals surface area contributed by atoms with Gasteiger partial charge < -0.3 is 14.0 Å². The number of hydrogen-bond donors (Lipinski definition) is 0. The van der Waals surface area contributed by atoms with Crippen molar-refractivity contribution in [3.05, 3.63) is 24.0 Å². The van der Waals surface area contributed by atoms with E-state index >= 15 is 0 Å². The van der Waals surface area contributed by atoms with Gasteiger partial charge in [0.1, 0.15) is 0 Å². The van der Waals surface area contributed by atoms with Crippen LogP contribution in [0.4, 0.5) is 4.39 Å². The van der Waals surface area contributed by atoms with E-state index in [0.29, 0.717) is 18.1 Å². The average molecular weight is 315 g/mol. The average Bonchev–Trinajstić information content (AvgIpc) is 2.63. The molecule has 0 radical (unpaired) electrons. The Morgan fingerprint density at radius 1 is 1.22 bits per heavy atom. The molecule has 0 spiro atoms. The summed E-state index contributed by atoms with van der Waals surface area (Å²) in [4.78, 5) is 0. The SMILES string of the molecule is CC1(C)OB(c2ccc(OC3CB(C#N)C3)c(F)c2)OC1(C)C. The summed E-state index contributed by atoms with van der Waals surface area (Å²) in [7, 11) is -0.588. The van der Waals surface area contributed by atoms with Crippen molar-refractivity contribution < 1.29 is 18.4 Å². The molecular weight excluding hydrogens is 295 g/mol. The zero-order valence-electron chi connectivity index (χ0n) is 13.9. The van der Waals surface area contributed by atoms with Crippen LogP contribution in [0.5, 0.6) is 5.75 Å². The number of nitriles is 1. The minimum Gasteiger partial charge on any atom is -0.489 e. The third-order valence-corrected chi connectivity index (χ3v) is 5.05. The molecule has 2 heterocycles. The van der Waals surface area contributed by atoms with Crippen molar-refractivity contribution in [1.29, 1.82) is 5.26 Å². The van der Waals surface area contributed by atoms with Gasteiger partial charge in [0, 0.05) is 5.97 Å². The first-order valence-corrected chi connectivity index (χ1v) is 7.93. The highest BCUT2D eigenvalue weighted by Gasteiger charge is 2.51. The van der Waals surface area contributed by atoms with Gasteiger partial charge in [0.15, 0.2) is 11.6 Å². The maximum absolute atomic E-state index is 14.3. The summed E-state index contributed by atoms with van der Waals surface area (Å²) in [6.07, 6.45) is 1.25. The van der Waals surface area contributed by atoms with Gasteiger partial charge in [0.2, 0.25) is 0 Å². The number of hydrogen-bond acceptors (Lipinski definition) is 4. The van der Waals surface area contributed by atoms with Crippen molar-refractivity contribution in [3.63, 3.8) is 0 Å². The van der Waals surface area contributed by atoms with Gasteiger partial charge in [-0.1, -0.05) is 6.07 Å². The Balaban J connectivity index is 1.70. The van der Waals surface area contributed by atoms with Crippen molar-refractivity contribution >= 4 is 19.3 Å². The molecule has 120 valence electrons. The first kappa shape index (κ1) is 16.4. The van der Waals surface area contributed by atoms with Gasteiger partial charge >= 0.3 is 7.12 Å². The van der Waals surface area contributed by atoms with Crippen LogP contribution >= 0.6 is 0 Å². The van der Waals surface area contributed by atoms with Gasteiger partial charge in [-0.25, -0.2) is 9.65 Å². The minimum atomic E-state index is -0.588. The van der Waals surface area contributed by atoms with Crippen molar-refractivity contribution in [2.45, 2.75) is 57.6 Å². The number of benzene rings is 1. The molecule has 2 fully saturated rings. The Morgan fingerprint density at radius 3 is 2.35 bits per heavy atom. The summed E-state index contributed by atoms with van der Waals surface area (Å²) >= 11 is 0. The predicted molar refractivity (Wildman–Crippen MR) is 87.5 cm³/mol. The van der Waals surface area contributed by atoms with Crippen molar-refractivity contribution in [3.8, 4) is 11.7 Å². The molecule has 2 saturated heterocycles. The smallest absolute Gasteiger partial charge is 0.489 e. The molecule has 0 amide bonds. The maximum Gasteiger partial charge on any atom is 0.494 e. The monoisotopic (exact) mass is 315 g/mol. The zero-order chi connectivity index (χ0) is 16.8. The second kappa shape index (κ2) is 5.54. The van der Waals surface area contributed by atoms with Crippen molar-refractivity contribution in [1.82, 2.24) is 0 Å². The minimum absolute atomic E-state index is 0.0343. The van der Waals surface area contributed by atoms with Crippen molar-refractivity contribution in [2.24, 2.45) is 0 Å². The third-order valence-electron chi connectivity index (χ3n) is 5.05. The van der Waals surface area contributed by atoms with Crippen LogP contribution < -0.4 is 10.2 Å². The maximum atomic E-state index is 14.3. The summed E-state index contributed by atoms with van der Waals surface area (Å²) in [6, 6.07) is 4.77. The summed E-state index contributed by atoms with van der Waals surface area (Å²) in [5.41, 5.74) is -0.277. The fourth-order valence-electron chi connectivity index (χ4n) is 2.69. The van der Waals surface area contributed by atoms with E-state index in [-0.39, 0.29) is 18.6 Å². The Kier molecular flexibility index (Phi) is 3.94. The molecule has 2 aliphatic rings. The van der Waals surface area contributed by atoms with Gasteiger partial charge in [-0.2, -0.15) is 0 Å². The highest BCUT2D eigenvalue weighted by molar-refractivity contribution is 6.70. The Labute approximate surface area is 137 Å². The Bertz CT molecular complexity index is 637. The number of nitrogens with zero attached hydrogens (tertiary/aromatic N) is 1. The lowest BCUT2D eigenvalue weighted by Crippen LogP contribution is -2.41. The summed E-state index contributed by atoms with van der Waals surface area (Å²) in [5, 5.41) is 8.76. The van der Waals surface area contributed by atoms with Crippen molar-refractivity contribution in [2.75, 3.05) is 0 Å². The molecule has 0 atom stereocenters. The number of halogens is 1. The molecule has 0 N–H and O–H groups in total. The van der Waals surface area contributed by atoms with Crippen LogP contribution in [-0.2, 0) is 9.31 Å². The highest BCUT2D eigenvalue weighted by Crippen LogP contribution is 2.36. The lowest BCUT2D eigenvalue weighted by molar-refractivity contribution is 0.00578. The molecule has 0 aromatic heterocycles. The number of ether oxygens (including phenoxy) is 1. The summed E-state index contributed by atoms with van der Waals surface area (Å²) < 4.78 is 31.7. The molecule has 1 aromatic carbocycles. The second-order valence-corrected chi connectivity index (χ2v) is 7.32. The molecule has 0 aliphatic carbocycles. The van der Waals surface area contributed by atoms with E-state index in [4.69, 9.17) is 19.3 Å². The van der Waals surface area contributed by atoms with E-state index in [1.807, 2.05) is 27.7 Å². The highest BCUT2D eigenvalue weighted by atomic mass is 19.1. The molecule has 7 heteroatoms. The lowest BCUT2D eigenvalue weighted by atomic mass is 9.35. The quantitative estimate of drug-likeness (QED) is 0.804. The molecule has 4 nitrogen and oxygen atoms in total. The third kappa shape index (κ3) is 2.98. The van der Waals surface area contributed by atoms with Gasteiger partial charge in [-0.15, -0.1) is 0 Å². The van der Waals surface area contributed by atoms with E-state index < -0.39 is 24.1 Å². The van der Waals surface area contributed by atoms with Gasteiger partial charge in [-0.3, -0.25) is 0 Å². The largest absolute Gasteiger partial charge is 0.494 e. The summed E-state index contributed by atoms with van der Waals surface area (Å²) in [6.45, 7) is 7.88. The molecule has 1 aromatic rings. The normalized spacial score (nSPS) is 22.6. The molecule has 3 rings (SSSR count). The van der Waals surface area contributed by atoms with Crippen LogP contribution in [0.1, 0.15) is 27.7 Å². The van der Waals surface area contributed by atoms with Crippen LogP contribution in [0.3, 0.4) is 0 Å². The van der Waals surface area contributed by atoms with Gasteiger partial charge in [0.25, 0.3) is 6.71 Å². The second-order valence-electron chi connectivity index (χ2n) is 7.32. The molecule has 23 heavy (non-hydrogen) atoms. The fourth-order valence-corrected chi connectivity index (χ4v) is 2.69. The Morgan fingerprint density at radius 2 is 1.83 bits per heavy atom. The van der Waals surface area contributed by atoms with E-state index in [0.717, 1.165) is 0 Å². The molecule has 0 bridgehead atoms. The van der Waals surface area contributed by atoms with E-state index in [1.54, 1.807) is 12.1 Å². The standard InChI is InChI=1S/C16H20B2FNO3/c1-15(2)16(3,4)23-18(22-15)11-5-6-14(13(19)7-11)21-12-8-17(9-12)10-20/h5-7,12H,8-9H2,1-4H3. The van der Waals surface area contributed by atoms with Crippen LogP contribution in [-0.4, -0.2) is 31.1 Å². The molecular formula is C16H20B2FNO3. The summed E-state index contributed by atoms with van der Waals surface area (Å²) in [5.74, 6) is 1.97. The van der Waals surface area contributed by atoms with Crippen LogP contribution in [0.15, 0.2) is 18.2 Å². The van der Waals surface area contributed by atoms with Crippen LogP contribution in [0.2, 0.25) is 12.6 Å². The van der Waals surface area contributed by atoms with E-state index in [2.05, 4.69) is 5.97 Å². The predicted octanol–water partition coefficient (Wildman–Crippen LogP) is 2.44. The first-order valence-electron chi connectivity index (χ1n) is 7.93. The zero-order valence-corrected chi connectivity index (χ0v) is 13.9. The first-order chi connectivity index (χ1) is 10.7. The molecule has 2 aliphatic heterocycles. The fraction of sp³-hybridized carbons (Fsp3) is 0.562.